The van der Waals surface area contributed by atoms with Crippen molar-refractivity contribution >= 4 is 24.2 Å². The molecule has 2 amide bonds. The summed E-state index contributed by atoms with van der Waals surface area (Å²) in [6.07, 6.45) is 2.76. The van der Waals surface area contributed by atoms with Gasteiger partial charge in [0.25, 0.3) is 5.91 Å². The maximum Gasteiger partial charge on any atom is 0.251 e. The Morgan fingerprint density at radius 2 is 1.70 bits per heavy atom. The first kappa shape index (κ1) is 35.3. The number of amides is 2. The number of unbranched alkanes of at least 4 members (excludes halogenated alkanes) is 1. The molecule has 0 spiro atoms. The highest BCUT2D eigenvalue weighted by atomic mass is 35.5. The molecule has 37 heavy (non-hydrogen) atoms. The van der Waals surface area contributed by atoms with E-state index in [1.165, 1.54) is 0 Å². The zero-order valence-electron chi connectivity index (χ0n) is 23.8. The Labute approximate surface area is 231 Å². The van der Waals surface area contributed by atoms with E-state index in [0.29, 0.717) is 51.1 Å². The van der Waals surface area contributed by atoms with Gasteiger partial charge in [0.15, 0.2) is 0 Å². The summed E-state index contributed by atoms with van der Waals surface area (Å²) >= 11 is 0. The van der Waals surface area contributed by atoms with Crippen LogP contribution in [0.2, 0.25) is 0 Å². The van der Waals surface area contributed by atoms with Crippen LogP contribution in [0.25, 0.3) is 0 Å². The van der Waals surface area contributed by atoms with Crippen molar-refractivity contribution in [1.82, 2.24) is 10.6 Å². The van der Waals surface area contributed by atoms with Crippen LogP contribution in [-0.4, -0.2) is 55.4 Å². The molecule has 0 bridgehead atoms. The molecule has 0 saturated carbocycles. The predicted octanol–water partition coefficient (Wildman–Crippen LogP) is 4.35. The molecule has 1 aromatic carbocycles. The molecule has 1 rings (SSSR count). The third-order valence-corrected chi connectivity index (χ3v) is 6.99. The number of hydrogen-bond donors (Lipinski definition) is 4. The molecule has 0 aliphatic carbocycles. The number of carbonyl (C=O) groups is 2. The first-order valence-electron chi connectivity index (χ1n) is 13.8. The van der Waals surface area contributed by atoms with Crippen LogP contribution in [0.3, 0.4) is 0 Å². The molecule has 1 aromatic rings. The van der Waals surface area contributed by atoms with Gasteiger partial charge in [0.2, 0.25) is 5.91 Å². The number of nitrogens with two attached hydrogens (primary N) is 1. The van der Waals surface area contributed by atoms with Crippen molar-refractivity contribution in [2.75, 3.05) is 26.3 Å². The molecule has 0 fully saturated rings. The summed E-state index contributed by atoms with van der Waals surface area (Å²) in [7, 11) is 0. The molecule has 0 radical (unpaired) electrons. The minimum atomic E-state index is -0.787. The Balaban J connectivity index is 0.0000130. The molecule has 7 nitrogen and oxygen atoms in total. The first-order valence-corrected chi connectivity index (χ1v) is 13.8. The van der Waals surface area contributed by atoms with Gasteiger partial charge in [-0.2, -0.15) is 0 Å². The zero-order chi connectivity index (χ0) is 27.1. The van der Waals surface area contributed by atoms with E-state index >= 15 is 0 Å². The molecule has 8 heteroatoms. The molecule has 0 heterocycles. The topological polar surface area (TPSA) is 114 Å². The van der Waals surface area contributed by atoms with Gasteiger partial charge in [-0.3, -0.25) is 9.59 Å². The zero-order valence-corrected chi connectivity index (χ0v) is 24.6. The number of nitrogens with one attached hydrogen (secondary N) is 2. The lowest BCUT2D eigenvalue weighted by molar-refractivity contribution is -0.127. The Morgan fingerprint density at radius 3 is 2.30 bits per heavy atom. The number of rotatable bonds is 18. The SMILES string of the molecule is CCCCNC(=O)[C@@H](C[C@H](O)[C@@H](N)C[C@H](CNC(=O)c1ccccc1CCOCC)C(C)C)C(C)C.Cl. The molecule has 0 aliphatic heterocycles. The highest BCUT2D eigenvalue weighted by molar-refractivity contribution is 5.95. The second kappa shape index (κ2) is 19.4. The van der Waals surface area contributed by atoms with Gasteiger partial charge in [-0.05, 0) is 62.0 Å². The summed E-state index contributed by atoms with van der Waals surface area (Å²) < 4.78 is 5.45. The maximum atomic E-state index is 13.0. The van der Waals surface area contributed by atoms with E-state index in [2.05, 4.69) is 31.4 Å². The third-order valence-electron chi connectivity index (χ3n) is 6.99. The fourth-order valence-corrected chi connectivity index (χ4v) is 4.34. The van der Waals surface area contributed by atoms with E-state index in [-0.39, 0.29) is 47.9 Å². The van der Waals surface area contributed by atoms with Crippen LogP contribution in [0.4, 0.5) is 0 Å². The Kier molecular flexibility index (Phi) is 18.5. The summed E-state index contributed by atoms with van der Waals surface area (Å²) in [4.78, 5) is 25.6. The van der Waals surface area contributed by atoms with Gasteiger partial charge in [-0.15, -0.1) is 12.4 Å². The van der Waals surface area contributed by atoms with Crippen LogP contribution < -0.4 is 16.4 Å². The van der Waals surface area contributed by atoms with Gasteiger partial charge in [-0.25, -0.2) is 0 Å². The largest absolute Gasteiger partial charge is 0.391 e. The number of carbonyl (C=O) groups excluding carboxylic acids is 2. The number of aliphatic hydroxyl groups excluding tert-OH is 1. The second-order valence-electron chi connectivity index (χ2n) is 10.5. The lowest BCUT2D eigenvalue weighted by Gasteiger charge is -2.30. The average Bonchev–Trinajstić information content (AvgIpc) is 2.84. The summed E-state index contributed by atoms with van der Waals surface area (Å²) in [6, 6.07) is 7.13. The molecular formula is C29H52ClN3O4. The monoisotopic (exact) mass is 541 g/mol. The van der Waals surface area contributed by atoms with Crippen molar-refractivity contribution in [3.8, 4) is 0 Å². The molecule has 0 saturated heterocycles. The fourth-order valence-electron chi connectivity index (χ4n) is 4.34. The van der Waals surface area contributed by atoms with Crippen LogP contribution >= 0.6 is 12.4 Å². The van der Waals surface area contributed by atoms with Crippen molar-refractivity contribution in [2.45, 2.75) is 85.8 Å². The first-order chi connectivity index (χ1) is 17.1. The normalized spacial score (nSPS) is 14.5. The minimum absolute atomic E-state index is 0. The van der Waals surface area contributed by atoms with E-state index in [1.807, 2.05) is 45.0 Å². The van der Waals surface area contributed by atoms with Crippen LogP contribution in [0.15, 0.2) is 24.3 Å². The van der Waals surface area contributed by atoms with Gasteiger partial charge >= 0.3 is 0 Å². The smallest absolute Gasteiger partial charge is 0.251 e. The molecule has 0 aliphatic rings. The van der Waals surface area contributed by atoms with E-state index in [4.69, 9.17) is 10.5 Å². The lowest BCUT2D eigenvalue weighted by atomic mass is 9.83. The van der Waals surface area contributed by atoms with Gasteiger partial charge in [0.1, 0.15) is 0 Å². The van der Waals surface area contributed by atoms with Crippen LogP contribution in [-0.2, 0) is 16.0 Å². The standard InChI is InChI=1S/C29H51N3O4.ClH/c1-7-9-15-31-29(35)25(21(5)6)18-27(33)26(30)17-23(20(3)4)19-32-28(34)24-13-11-10-12-22(24)14-16-36-8-2;/h10-13,20-21,23,25-27,33H,7-9,14-19,30H2,1-6H3,(H,31,35)(H,32,34);1H/t23-,25+,26+,27+;/m1./s1. The number of ether oxygens (including phenoxy) is 1. The van der Waals surface area contributed by atoms with Crippen LogP contribution in [0, 0.1) is 23.7 Å². The van der Waals surface area contributed by atoms with E-state index in [0.717, 1.165) is 18.4 Å². The van der Waals surface area contributed by atoms with Crippen molar-refractivity contribution < 1.29 is 19.4 Å². The molecular weight excluding hydrogens is 490 g/mol. The lowest BCUT2D eigenvalue weighted by Crippen LogP contribution is -2.44. The maximum absolute atomic E-state index is 13.0. The van der Waals surface area contributed by atoms with Gasteiger partial charge in [0, 0.05) is 37.2 Å². The number of halogens is 1. The molecule has 5 N–H and O–H groups in total. The summed E-state index contributed by atoms with van der Waals surface area (Å²) in [5.74, 6) is 0.0793. The summed E-state index contributed by atoms with van der Waals surface area (Å²) in [5.41, 5.74) is 8.06. The highest BCUT2D eigenvalue weighted by Crippen LogP contribution is 2.23. The molecule has 214 valence electrons. The van der Waals surface area contributed by atoms with E-state index in [9.17, 15) is 14.7 Å². The molecule has 0 unspecified atom stereocenters. The van der Waals surface area contributed by atoms with E-state index in [1.54, 1.807) is 0 Å². The van der Waals surface area contributed by atoms with Crippen molar-refractivity contribution in [3.05, 3.63) is 35.4 Å². The van der Waals surface area contributed by atoms with Crippen LogP contribution in [0.1, 0.15) is 83.1 Å². The Bertz CT molecular complexity index is 775. The highest BCUT2D eigenvalue weighted by Gasteiger charge is 2.29. The quantitative estimate of drug-likeness (QED) is 0.206. The molecule has 4 atom stereocenters. The number of aliphatic hydroxyl groups is 1. The van der Waals surface area contributed by atoms with Crippen molar-refractivity contribution in [1.29, 1.82) is 0 Å². The van der Waals surface area contributed by atoms with Crippen LogP contribution in [0.5, 0.6) is 0 Å². The number of hydrogen-bond acceptors (Lipinski definition) is 5. The second-order valence-corrected chi connectivity index (χ2v) is 10.5. The predicted molar refractivity (Wildman–Crippen MR) is 154 cm³/mol. The molecule has 0 aromatic heterocycles. The van der Waals surface area contributed by atoms with Gasteiger partial charge in [0.05, 0.1) is 12.7 Å². The Hall–Kier alpha value is -1.67. The number of benzene rings is 1. The van der Waals surface area contributed by atoms with E-state index < -0.39 is 12.1 Å². The van der Waals surface area contributed by atoms with Crippen molar-refractivity contribution in [2.24, 2.45) is 29.4 Å². The summed E-state index contributed by atoms with van der Waals surface area (Å²) in [5, 5.41) is 16.9. The average molecular weight is 542 g/mol. The fraction of sp³-hybridized carbons (Fsp3) is 0.724. The van der Waals surface area contributed by atoms with Gasteiger partial charge < -0.3 is 26.2 Å². The third kappa shape index (κ3) is 13.1. The Morgan fingerprint density at radius 1 is 1.03 bits per heavy atom. The van der Waals surface area contributed by atoms with Crippen molar-refractivity contribution in [3.63, 3.8) is 0 Å². The van der Waals surface area contributed by atoms with Gasteiger partial charge in [-0.1, -0.05) is 59.2 Å². The minimum Gasteiger partial charge on any atom is -0.391 e. The summed E-state index contributed by atoms with van der Waals surface area (Å²) in [6.45, 7) is 14.6.